The third-order valence-corrected chi connectivity index (χ3v) is 6.17. The van der Waals surface area contributed by atoms with Crippen molar-refractivity contribution >= 4 is 35.0 Å². The van der Waals surface area contributed by atoms with E-state index >= 15 is 0 Å². The monoisotopic (exact) mass is 464 g/mol. The number of aryl methyl sites for hydroxylation is 1. The predicted octanol–water partition coefficient (Wildman–Crippen LogP) is 5.32. The van der Waals surface area contributed by atoms with Crippen molar-refractivity contribution in [1.29, 1.82) is 0 Å². The van der Waals surface area contributed by atoms with Crippen LogP contribution in [-0.2, 0) is 16.1 Å². The lowest BCUT2D eigenvalue weighted by Gasteiger charge is -2.30. The molecule has 0 aliphatic rings. The first-order valence-corrected chi connectivity index (χ1v) is 11.1. The molecule has 0 fully saturated rings. The fourth-order valence-corrected chi connectivity index (χ4v) is 3.52. The normalized spacial score (nSPS) is 12.7. The predicted molar refractivity (Wildman–Crippen MR) is 126 cm³/mol. The minimum atomic E-state index is -0.726. The summed E-state index contributed by atoms with van der Waals surface area (Å²) in [6, 6.07) is 10.1. The van der Waals surface area contributed by atoms with Crippen LogP contribution in [-0.4, -0.2) is 35.4 Å². The third-order valence-electron chi connectivity index (χ3n) is 5.46. The summed E-state index contributed by atoms with van der Waals surface area (Å²) in [4.78, 5) is 27.4. The van der Waals surface area contributed by atoms with Crippen LogP contribution in [0.5, 0.6) is 5.75 Å². The molecule has 2 rings (SSSR count). The van der Waals surface area contributed by atoms with Crippen LogP contribution in [0.1, 0.15) is 43.9 Å². The summed E-state index contributed by atoms with van der Waals surface area (Å²) in [7, 11) is 0. The van der Waals surface area contributed by atoms with E-state index in [4.69, 9.17) is 27.9 Å². The van der Waals surface area contributed by atoms with E-state index in [9.17, 15) is 9.59 Å². The number of nitrogens with zero attached hydrogens (tertiary/aromatic N) is 1. The summed E-state index contributed by atoms with van der Waals surface area (Å²) in [6.07, 6.45) is 0.790. The van der Waals surface area contributed by atoms with Gasteiger partial charge in [-0.2, -0.15) is 0 Å². The van der Waals surface area contributed by atoms with E-state index in [0.717, 1.165) is 17.5 Å². The van der Waals surface area contributed by atoms with Crippen molar-refractivity contribution in [2.24, 2.45) is 0 Å². The molecule has 1 N–H and O–H groups in total. The first-order valence-electron chi connectivity index (χ1n) is 10.4. The molecule has 0 saturated heterocycles. The number of hydrogen-bond acceptors (Lipinski definition) is 3. The fraction of sp³-hybridized carbons (Fsp3) is 0.417. The first-order chi connectivity index (χ1) is 14.6. The number of carbonyl (C=O) groups excluding carboxylic acids is 2. The van der Waals surface area contributed by atoms with E-state index in [1.807, 2.05) is 45.9 Å². The van der Waals surface area contributed by atoms with Crippen molar-refractivity contribution in [3.8, 4) is 5.75 Å². The Bertz CT molecular complexity index is 913. The van der Waals surface area contributed by atoms with E-state index in [1.165, 1.54) is 4.90 Å². The number of benzene rings is 2. The molecule has 0 radical (unpaired) electrons. The van der Waals surface area contributed by atoms with E-state index in [1.54, 1.807) is 25.1 Å². The van der Waals surface area contributed by atoms with Crippen molar-refractivity contribution in [3.63, 3.8) is 0 Å². The molecule has 0 unspecified atom stereocenters. The van der Waals surface area contributed by atoms with Crippen molar-refractivity contribution in [3.05, 3.63) is 63.1 Å². The second-order valence-electron chi connectivity index (χ2n) is 7.70. The summed E-state index contributed by atoms with van der Waals surface area (Å²) in [6.45, 7) is 9.43. The molecule has 2 aromatic rings. The molecule has 2 atom stereocenters. The van der Waals surface area contributed by atoms with E-state index in [2.05, 4.69) is 5.32 Å². The van der Waals surface area contributed by atoms with Crippen LogP contribution in [0.15, 0.2) is 36.4 Å². The molecule has 5 nitrogen and oxygen atoms in total. The number of amides is 2. The molecule has 2 amide bonds. The molecule has 168 valence electrons. The Balaban J connectivity index is 2.26. The van der Waals surface area contributed by atoms with Crippen LogP contribution in [0.25, 0.3) is 0 Å². The Hall–Kier alpha value is -2.24. The molecule has 0 bridgehead atoms. The van der Waals surface area contributed by atoms with Crippen LogP contribution in [0.4, 0.5) is 0 Å². The van der Waals surface area contributed by atoms with Gasteiger partial charge in [-0.3, -0.25) is 9.59 Å². The summed E-state index contributed by atoms with van der Waals surface area (Å²) in [5.41, 5.74) is 2.64. The minimum Gasteiger partial charge on any atom is -0.483 e. The van der Waals surface area contributed by atoms with Crippen molar-refractivity contribution in [1.82, 2.24) is 10.2 Å². The van der Waals surface area contributed by atoms with Gasteiger partial charge in [-0.25, -0.2) is 0 Å². The maximum atomic E-state index is 13.2. The number of hydrogen-bond donors (Lipinski definition) is 1. The molecular weight excluding hydrogens is 435 g/mol. The molecule has 7 heteroatoms. The standard InChI is InChI=1S/C24H30Cl2N2O3/c1-6-16(3)27-24(30)18(5)28(13-19-20(25)10-8-11-21(19)26)23(29)14-31-22-12-7-9-15(2)17(22)4/h7-12,16,18H,6,13-14H2,1-5H3,(H,27,30)/t16-,18+/m1/s1. The zero-order chi connectivity index (χ0) is 23.1. The van der Waals surface area contributed by atoms with E-state index in [-0.39, 0.29) is 31.0 Å². The van der Waals surface area contributed by atoms with Gasteiger partial charge in [0.2, 0.25) is 5.91 Å². The number of rotatable bonds is 9. The fourth-order valence-electron chi connectivity index (χ4n) is 3.00. The highest BCUT2D eigenvalue weighted by Gasteiger charge is 2.28. The highest BCUT2D eigenvalue weighted by Crippen LogP contribution is 2.27. The van der Waals surface area contributed by atoms with Crippen molar-refractivity contribution in [2.75, 3.05) is 6.61 Å². The highest BCUT2D eigenvalue weighted by atomic mass is 35.5. The van der Waals surface area contributed by atoms with Crippen LogP contribution in [0.3, 0.4) is 0 Å². The summed E-state index contributed by atoms with van der Waals surface area (Å²) >= 11 is 12.7. The zero-order valence-electron chi connectivity index (χ0n) is 18.7. The Labute approximate surface area is 194 Å². The van der Waals surface area contributed by atoms with E-state index in [0.29, 0.717) is 21.4 Å². The molecule has 0 spiro atoms. The van der Waals surface area contributed by atoms with Gasteiger partial charge in [-0.1, -0.05) is 48.3 Å². The quantitative estimate of drug-likeness (QED) is 0.545. The lowest BCUT2D eigenvalue weighted by molar-refractivity contribution is -0.142. The summed E-state index contributed by atoms with van der Waals surface area (Å²) in [5, 5.41) is 3.81. The number of nitrogens with one attached hydrogen (secondary N) is 1. The summed E-state index contributed by atoms with van der Waals surface area (Å²) in [5.74, 6) is 0.0714. The Kier molecular flexibility index (Phi) is 9.20. The Morgan fingerprint density at radius 2 is 1.68 bits per heavy atom. The number of halogens is 2. The molecule has 0 aliphatic heterocycles. The van der Waals surface area contributed by atoms with E-state index < -0.39 is 6.04 Å². The molecule has 0 aliphatic carbocycles. The second kappa shape index (κ2) is 11.4. The first kappa shape index (κ1) is 25.0. The number of ether oxygens (including phenoxy) is 1. The highest BCUT2D eigenvalue weighted by molar-refractivity contribution is 6.36. The topological polar surface area (TPSA) is 58.6 Å². The number of carbonyl (C=O) groups is 2. The molecule has 2 aromatic carbocycles. The minimum absolute atomic E-state index is 0.00185. The lowest BCUT2D eigenvalue weighted by atomic mass is 10.1. The SMILES string of the molecule is CC[C@@H](C)NC(=O)[C@H](C)N(Cc1c(Cl)cccc1Cl)C(=O)COc1cccc(C)c1C. The van der Waals surface area contributed by atoms with Gasteiger partial charge in [0.25, 0.3) is 5.91 Å². The molecule has 0 heterocycles. The van der Waals surface area contributed by atoms with Crippen LogP contribution < -0.4 is 10.1 Å². The van der Waals surface area contributed by atoms with Crippen LogP contribution in [0.2, 0.25) is 10.0 Å². The van der Waals surface area contributed by atoms with Gasteiger partial charge in [0, 0.05) is 28.2 Å². The Morgan fingerprint density at radius 3 is 2.29 bits per heavy atom. The molecule has 0 aromatic heterocycles. The molecular formula is C24H30Cl2N2O3. The van der Waals surface area contributed by atoms with Gasteiger partial charge in [0.1, 0.15) is 11.8 Å². The molecule has 0 saturated carbocycles. The van der Waals surface area contributed by atoms with Gasteiger partial charge in [-0.05, 0) is 63.4 Å². The molecule has 31 heavy (non-hydrogen) atoms. The Morgan fingerprint density at radius 1 is 1.06 bits per heavy atom. The van der Waals surface area contributed by atoms with Gasteiger partial charge in [0.15, 0.2) is 6.61 Å². The van der Waals surface area contributed by atoms with Crippen molar-refractivity contribution in [2.45, 2.75) is 59.7 Å². The van der Waals surface area contributed by atoms with Gasteiger partial charge >= 0.3 is 0 Å². The maximum Gasteiger partial charge on any atom is 0.261 e. The average molecular weight is 465 g/mol. The smallest absolute Gasteiger partial charge is 0.261 e. The van der Waals surface area contributed by atoms with Crippen LogP contribution in [0, 0.1) is 13.8 Å². The third kappa shape index (κ3) is 6.62. The summed E-state index contributed by atoms with van der Waals surface area (Å²) < 4.78 is 5.80. The largest absolute Gasteiger partial charge is 0.483 e. The van der Waals surface area contributed by atoms with Crippen molar-refractivity contribution < 1.29 is 14.3 Å². The average Bonchev–Trinajstić information content (AvgIpc) is 2.73. The van der Waals surface area contributed by atoms with Gasteiger partial charge < -0.3 is 15.0 Å². The lowest BCUT2D eigenvalue weighted by Crippen LogP contribution is -2.50. The zero-order valence-corrected chi connectivity index (χ0v) is 20.2. The van der Waals surface area contributed by atoms with Gasteiger partial charge in [0.05, 0.1) is 0 Å². The second-order valence-corrected chi connectivity index (χ2v) is 8.52. The van der Waals surface area contributed by atoms with Gasteiger partial charge in [-0.15, -0.1) is 0 Å². The maximum absolute atomic E-state index is 13.2. The van der Waals surface area contributed by atoms with Crippen LogP contribution >= 0.6 is 23.2 Å².